The third kappa shape index (κ3) is 2.14. The van der Waals surface area contributed by atoms with Crippen LogP contribution in [0, 0.1) is 6.92 Å². The molecule has 1 amide bonds. The van der Waals surface area contributed by atoms with Gasteiger partial charge in [0, 0.05) is 31.4 Å². The summed E-state index contributed by atoms with van der Waals surface area (Å²) in [5.74, 6) is 1.75. The highest BCUT2D eigenvalue weighted by molar-refractivity contribution is 5.93. The fourth-order valence-electron chi connectivity index (χ4n) is 2.88. The van der Waals surface area contributed by atoms with E-state index in [2.05, 4.69) is 25.1 Å². The maximum absolute atomic E-state index is 12.4. The van der Waals surface area contributed by atoms with Crippen LogP contribution in [0.1, 0.15) is 28.6 Å². The molecule has 0 aromatic carbocycles. The smallest absolute Gasteiger partial charge is 0.271 e. The Morgan fingerprint density at radius 3 is 3.14 bits per heavy atom. The van der Waals surface area contributed by atoms with Crippen LogP contribution < -0.4 is 5.32 Å². The number of amides is 1. The second-order valence-corrected chi connectivity index (χ2v) is 5.58. The van der Waals surface area contributed by atoms with E-state index in [9.17, 15) is 4.79 Å². The lowest BCUT2D eigenvalue weighted by Gasteiger charge is -2.24. The van der Waals surface area contributed by atoms with E-state index in [1.807, 2.05) is 35.7 Å². The predicted octanol–water partition coefficient (Wildman–Crippen LogP) is 0.979. The van der Waals surface area contributed by atoms with E-state index in [0.717, 1.165) is 30.1 Å². The number of carbonyl (C=O) groups excluding carboxylic acids is 1. The van der Waals surface area contributed by atoms with Gasteiger partial charge in [-0.1, -0.05) is 6.07 Å². The van der Waals surface area contributed by atoms with E-state index in [4.69, 9.17) is 0 Å². The topological polar surface area (TPSA) is 77.1 Å². The van der Waals surface area contributed by atoms with Crippen molar-refractivity contribution in [2.24, 2.45) is 0 Å². The van der Waals surface area contributed by atoms with Crippen LogP contribution in [-0.2, 0) is 13.0 Å². The summed E-state index contributed by atoms with van der Waals surface area (Å²) in [7, 11) is 0. The van der Waals surface area contributed by atoms with Crippen LogP contribution in [0.3, 0.4) is 0 Å². The van der Waals surface area contributed by atoms with Crippen molar-refractivity contribution in [3.8, 4) is 0 Å². The van der Waals surface area contributed by atoms with Gasteiger partial charge in [-0.05, 0) is 25.5 Å². The van der Waals surface area contributed by atoms with Crippen LogP contribution in [0.25, 0.3) is 5.65 Å². The molecule has 7 nitrogen and oxygen atoms in total. The lowest BCUT2D eigenvalue weighted by atomic mass is 10.1. The summed E-state index contributed by atoms with van der Waals surface area (Å²) in [5, 5.41) is 11.3. The average molecular weight is 296 g/mol. The standard InChI is InChI=1S/C15H16N6O/c1-10-18-19-14-6-5-11(8-21(10)14)16-15(22)12-9-20-7-3-2-4-13(20)17-12/h2-4,7,9,11H,5-6,8H2,1H3,(H,16,22)/t11-/m0/s1. The molecule has 0 radical (unpaired) electrons. The summed E-state index contributed by atoms with van der Waals surface area (Å²) in [6.07, 6.45) is 5.34. The molecule has 22 heavy (non-hydrogen) atoms. The SMILES string of the molecule is Cc1nnc2n1C[C@@H](NC(=O)c1cn3ccccc3n1)CC2. The molecule has 1 N–H and O–H groups in total. The lowest BCUT2D eigenvalue weighted by molar-refractivity contribution is 0.0923. The van der Waals surface area contributed by atoms with Crippen molar-refractivity contribution >= 4 is 11.6 Å². The summed E-state index contributed by atoms with van der Waals surface area (Å²) < 4.78 is 3.91. The summed E-state index contributed by atoms with van der Waals surface area (Å²) >= 11 is 0. The van der Waals surface area contributed by atoms with Crippen molar-refractivity contribution < 1.29 is 4.79 Å². The van der Waals surface area contributed by atoms with Crippen LogP contribution >= 0.6 is 0 Å². The summed E-state index contributed by atoms with van der Waals surface area (Å²) in [6.45, 7) is 2.65. The summed E-state index contributed by atoms with van der Waals surface area (Å²) in [6, 6.07) is 5.78. The number of carbonyl (C=O) groups is 1. The zero-order valence-corrected chi connectivity index (χ0v) is 12.2. The molecule has 1 atom stereocenters. The number of pyridine rings is 1. The minimum atomic E-state index is -0.136. The molecule has 0 spiro atoms. The van der Waals surface area contributed by atoms with Crippen molar-refractivity contribution in [2.75, 3.05) is 0 Å². The van der Waals surface area contributed by atoms with Crippen molar-refractivity contribution in [1.82, 2.24) is 29.5 Å². The summed E-state index contributed by atoms with van der Waals surface area (Å²) in [5.41, 5.74) is 1.21. The second kappa shape index (κ2) is 4.94. The molecular formula is C15H16N6O. The number of hydrogen-bond acceptors (Lipinski definition) is 4. The summed E-state index contributed by atoms with van der Waals surface area (Å²) in [4.78, 5) is 16.7. The van der Waals surface area contributed by atoms with E-state index in [-0.39, 0.29) is 11.9 Å². The monoisotopic (exact) mass is 296 g/mol. The maximum atomic E-state index is 12.4. The fraction of sp³-hybridized carbons (Fsp3) is 0.333. The van der Waals surface area contributed by atoms with Gasteiger partial charge in [-0.2, -0.15) is 0 Å². The van der Waals surface area contributed by atoms with Gasteiger partial charge in [0.15, 0.2) is 0 Å². The van der Waals surface area contributed by atoms with Crippen LogP contribution in [0.2, 0.25) is 0 Å². The molecule has 7 heteroatoms. The van der Waals surface area contributed by atoms with Crippen molar-refractivity contribution in [1.29, 1.82) is 0 Å². The van der Waals surface area contributed by atoms with Gasteiger partial charge < -0.3 is 14.3 Å². The Bertz CT molecular complexity index is 816. The molecular weight excluding hydrogens is 280 g/mol. The number of aryl methyl sites for hydroxylation is 2. The minimum Gasteiger partial charge on any atom is -0.346 e. The number of rotatable bonds is 2. The molecule has 4 rings (SSSR count). The molecule has 1 aliphatic rings. The molecule has 0 aliphatic carbocycles. The van der Waals surface area contributed by atoms with Crippen LogP contribution in [0.5, 0.6) is 0 Å². The molecule has 0 fully saturated rings. The first-order valence-electron chi connectivity index (χ1n) is 7.34. The van der Waals surface area contributed by atoms with Crippen LogP contribution in [-0.4, -0.2) is 36.1 Å². The molecule has 1 aliphatic heterocycles. The highest BCUT2D eigenvalue weighted by Gasteiger charge is 2.23. The Morgan fingerprint density at radius 2 is 2.27 bits per heavy atom. The van der Waals surface area contributed by atoms with Gasteiger partial charge in [-0.3, -0.25) is 4.79 Å². The second-order valence-electron chi connectivity index (χ2n) is 5.58. The van der Waals surface area contributed by atoms with E-state index in [1.165, 1.54) is 0 Å². The molecule has 4 heterocycles. The first-order chi connectivity index (χ1) is 10.7. The zero-order valence-electron chi connectivity index (χ0n) is 12.2. The zero-order chi connectivity index (χ0) is 15.1. The molecule has 3 aromatic rings. The van der Waals surface area contributed by atoms with Crippen LogP contribution in [0.15, 0.2) is 30.6 Å². The number of nitrogens with zero attached hydrogens (tertiary/aromatic N) is 5. The third-order valence-electron chi connectivity index (χ3n) is 4.06. The molecule has 3 aromatic heterocycles. The Balaban J connectivity index is 1.51. The van der Waals surface area contributed by atoms with Gasteiger partial charge in [0.2, 0.25) is 0 Å². The molecule has 0 unspecified atom stereocenters. The largest absolute Gasteiger partial charge is 0.346 e. The van der Waals surface area contributed by atoms with E-state index in [1.54, 1.807) is 6.20 Å². The number of nitrogens with one attached hydrogen (secondary N) is 1. The van der Waals surface area contributed by atoms with Gasteiger partial charge in [0.25, 0.3) is 5.91 Å². The Morgan fingerprint density at radius 1 is 1.36 bits per heavy atom. The van der Waals surface area contributed by atoms with Crippen molar-refractivity contribution in [3.05, 3.63) is 47.9 Å². The quantitative estimate of drug-likeness (QED) is 0.764. The van der Waals surface area contributed by atoms with E-state index >= 15 is 0 Å². The van der Waals surface area contributed by atoms with Gasteiger partial charge >= 0.3 is 0 Å². The normalized spacial score (nSPS) is 17.4. The number of aromatic nitrogens is 5. The molecule has 0 saturated heterocycles. The third-order valence-corrected chi connectivity index (χ3v) is 4.06. The van der Waals surface area contributed by atoms with Crippen LogP contribution in [0.4, 0.5) is 0 Å². The molecule has 0 saturated carbocycles. The van der Waals surface area contributed by atoms with Crippen molar-refractivity contribution in [3.63, 3.8) is 0 Å². The Labute approximate surface area is 127 Å². The molecule has 0 bridgehead atoms. The van der Waals surface area contributed by atoms with Gasteiger partial charge in [-0.25, -0.2) is 4.98 Å². The fourth-order valence-corrected chi connectivity index (χ4v) is 2.88. The van der Waals surface area contributed by atoms with E-state index < -0.39 is 0 Å². The minimum absolute atomic E-state index is 0.0829. The number of imidazole rings is 1. The lowest BCUT2D eigenvalue weighted by Crippen LogP contribution is -2.41. The first-order valence-corrected chi connectivity index (χ1v) is 7.34. The van der Waals surface area contributed by atoms with E-state index in [0.29, 0.717) is 12.2 Å². The number of fused-ring (bicyclic) bond motifs is 2. The highest BCUT2D eigenvalue weighted by Crippen LogP contribution is 2.15. The maximum Gasteiger partial charge on any atom is 0.271 e. The van der Waals surface area contributed by atoms with Gasteiger partial charge in [-0.15, -0.1) is 10.2 Å². The number of hydrogen-bond donors (Lipinski definition) is 1. The van der Waals surface area contributed by atoms with Crippen molar-refractivity contribution in [2.45, 2.75) is 32.4 Å². The van der Waals surface area contributed by atoms with Gasteiger partial charge in [0.05, 0.1) is 0 Å². The van der Waals surface area contributed by atoms with Gasteiger partial charge in [0.1, 0.15) is 23.0 Å². The Kier molecular flexibility index (Phi) is 2.92. The highest BCUT2D eigenvalue weighted by atomic mass is 16.2. The Hall–Kier alpha value is -2.70. The molecule has 112 valence electrons. The predicted molar refractivity (Wildman–Crippen MR) is 79.5 cm³/mol. The average Bonchev–Trinajstić information content (AvgIpc) is 3.11. The first kappa shape index (κ1) is 13.0.